The van der Waals surface area contributed by atoms with Gasteiger partial charge in [-0.25, -0.2) is 4.98 Å². The Balaban J connectivity index is 2.09. The monoisotopic (exact) mass is 220 g/mol. The van der Waals surface area contributed by atoms with Crippen LogP contribution in [0.1, 0.15) is 25.5 Å². The molecule has 1 aliphatic heterocycles. The second-order valence-electron chi connectivity index (χ2n) is 4.73. The fourth-order valence-electron chi connectivity index (χ4n) is 2.32. The Morgan fingerprint density at radius 3 is 3.00 bits per heavy atom. The highest BCUT2D eigenvalue weighted by molar-refractivity contribution is 5.39. The molecule has 0 amide bonds. The number of rotatable bonds is 2. The summed E-state index contributed by atoms with van der Waals surface area (Å²) in [6.07, 6.45) is 2.05. The van der Waals surface area contributed by atoms with E-state index in [-0.39, 0.29) is 6.10 Å². The molecule has 0 radical (unpaired) electrons. The molecule has 0 unspecified atom stereocenters. The number of piperidine rings is 1. The van der Waals surface area contributed by atoms with E-state index in [1.54, 1.807) is 0 Å². The first-order chi connectivity index (χ1) is 7.66. The second-order valence-corrected chi connectivity index (χ2v) is 4.73. The first kappa shape index (κ1) is 11.4. The fraction of sp³-hybridized carbons (Fsp3) is 0.615. The molecule has 0 saturated carbocycles. The molecule has 1 saturated heterocycles. The Morgan fingerprint density at radius 2 is 2.31 bits per heavy atom. The molecule has 88 valence electrons. The van der Waals surface area contributed by atoms with Crippen LogP contribution in [0.25, 0.3) is 0 Å². The molecule has 3 heteroatoms. The van der Waals surface area contributed by atoms with E-state index in [0.717, 1.165) is 37.4 Å². The van der Waals surface area contributed by atoms with Gasteiger partial charge in [0.15, 0.2) is 0 Å². The van der Waals surface area contributed by atoms with Crippen LogP contribution in [0.2, 0.25) is 0 Å². The Morgan fingerprint density at radius 1 is 1.50 bits per heavy atom. The van der Waals surface area contributed by atoms with Gasteiger partial charge in [0.25, 0.3) is 0 Å². The largest absolute Gasteiger partial charge is 0.393 e. The van der Waals surface area contributed by atoms with Crippen LogP contribution in [0.4, 0.5) is 5.82 Å². The van der Waals surface area contributed by atoms with Gasteiger partial charge in [-0.3, -0.25) is 0 Å². The van der Waals surface area contributed by atoms with Crippen LogP contribution in [-0.2, 0) is 0 Å². The first-order valence-electron chi connectivity index (χ1n) is 6.03. The molecule has 0 aromatic carbocycles. The van der Waals surface area contributed by atoms with Crippen molar-refractivity contribution in [2.75, 3.05) is 18.0 Å². The summed E-state index contributed by atoms with van der Waals surface area (Å²) in [5.41, 5.74) is 1.05. The lowest BCUT2D eigenvalue weighted by atomic mass is 9.93. The third kappa shape index (κ3) is 2.53. The lowest BCUT2D eigenvalue weighted by Gasteiger charge is -2.35. The molecule has 2 atom stereocenters. The van der Waals surface area contributed by atoms with Gasteiger partial charge in [0.1, 0.15) is 5.82 Å². The summed E-state index contributed by atoms with van der Waals surface area (Å²) < 4.78 is 0. The molecule has 1 aromatic rings. The van der Waals surface area contributed by atoms with Gasteiger partial charge in [-0.15, -0.1) is 0 Å². The quantitative estimate of drug-likeness (QED) is 0.828. The van der Waals surface area contributed by atoms with E-state index in [9.17, 15) is 5.11 Å². The van der Waals surface area contributed by atoms with Gasteiger partial charge in [0, 0.05) is 24.7 Å². The van der Waals surface area contributed by atoms with E-state index in [4.69, 9.17) is 0 Å². The van der Waals surface area contributed by atoms with Crippen LogP contribution in [0.3, 0.4) is 0 Å². The average molecular weight is 220 g/mol. The summed E-state index contributed by atoms with van der Waals surface area (Å²) in [7, 11) is 0. The highest BCUT2D eigenvalue weighted by Gasteiger charge is 2.24. The highest BCUT2D eigenvalue weighted by atomic mass is 16.3. The van der Waals surface area contributed by atoms with Crippen LogP contribution in [0, 0.1) is 12.8 Å². The summed E-state index contributed by atoms with van der Waals surface area (Å²) in [5.74, 6) is 1.43. The molecule has 2 heterocycles. The molecule has 1 aromatic heterocycles. The number of aliphatic hydroxyl groups is 1. The lowest BCUT2D eigenvalue weighted by molar-refractivity contribution is 0.115. The molecule has 0 bridgehead atoms. The average Bonchev–Trinajstić information content (AvgIpc) is 2.29. The van der Waals surface area contributed by atoms with Crippen LogP contribution in [0.5, 0.6) is 0 Å². The number of hydrogen-bond donors (Lipinski definition) is 1. The minimum atomic E-state index is -0.215. The number of aryl methyl sites for hydroxylation is 1. The minimum Gasteiger partial charge on any atom is -0.393 e. The standard InChI is InChI=1S/C13H20N2O/c1-10-5-3-7-13(14-10)15-8-4-6-12(9-15)11(2)16/h3,5,7,11-12,16H,4,6,8-9H2,1-2H3/t11-,12-/m1/s1. The zero-order valence-electron chi connectivity index (χ0n) is 10.1. The first-order valence-corrected chi connectivity index (χ1v) is 6.03. The molecule has 1 aliphatic rings. The number of hydrogen-bond acceptors (Lipinski definition) is 3. The van der Waals surface area contributed by atoms with E-state index in [1.807, 2.05) is 26.0 Å². The van der Waals surface area contributed by atoms with Crippen molar-refractivity contribution >= 4 is 5.82 Å². The van der Waals surface area contributed by atoms with Gasteiger partial charge in [-0.2, -0.15) is 0 Å². The molecular weight excluding hydrogens is 200 g/mol. The summed E-state index contributed by atoms with van der Waals surface area (Å²) in [4.78, 5) is 6.82. The van der Waals surface area contributed by atoms with Gasteiger partial charge in [0.05, 0.1) is 6.10 Å². The van der Waals surface area contributed by atoms with E-state index in [2.05, 4.69) is 16.0 Å². The molecule has 1 N–H and O–H groups in total. The van der Waals surface area contributed by atoms with Gasteiger partial charge < -0.3 is 10.0 Å². The van der Waals surface area contributed by atoms with E-state index in [0.29, 0.717) is 5.92 Å². The molecule has 0 aliphatic carbocycles. The Hall–Kier alpha value is -1.09. The van der Waals surface area contributed by atoms with Crippen LogP contribution in [0.15, 0.2) is 18.2 Å². The number of aromatic nitrogens is 1. The van der Waals surface area contributed by atoms with Gasteiger partial charge >= 0.3 is 0 Å². The highest BCUT2D eigenvalue weighted by Crippen LogP contribution is 2.23. The third-order valence-corrected chi connectivity index (χ3v) is 3.34. The predicted molar refractivity (Wildman–Crippen MR) is 65.6 cm³/mol. The van der Waals surface area contributed by atoms with Crippen molar-refractivity contribution in [3.05, 3.63) is 23.9 Å². The van der Waals surface area contributed by atoms with E-state index in [1.165, 1.54) is 0 Å². The third-order valence-electron chi connectivity index (χ3n) is 3.34. The number of anilines is 1. The van der Waals surface area contributed by atoms with Gasteiger partial charge in [0.2, 0.25) is 0 Å². The number of aliphatic hydroxyl groups excluding tert-OH is 1. The van der Waals surface area contributed by atoms with Gasteiger partial charge in [-0.05, 0) is 38.8 Å². The Bertz CT molecular complexity index is 352. The maximum Gasteiger partial charge on any atom is 0.128 e. The number of pyridine rings is 1. The molecule has 16 heavy (non-hydrogen) atoms. The second kappa shape index (κ2) is 4.83. The van der Waals surface area contributed by atoms with Crippen LogP contribution < -0.4 is 4.90 Å². The summed E-state index contributed by atoms with van der Waals surface area (Å²) >= 11 is 0. The zero-order valence-corrected chi connectivity index (χ0v) is 10.1. The molecule has 1 fully saturated rings. The maximum absolute atomic E-state index is 9.65. The van der Waals surface area contributed by atoms with Crippen molar-refractivity contribution in [3.8, 4) is 0 Å². The van der Waals surface area contributed by atoms with Crippen molar-refractivity contribution < 1.29 is 5.11 Å². The van der Waals surface area contributed by atoms with Crippen molar-refractivity contribution in [2.24, 2.45) is 5.92 Å². The minimum absolute atomic E-state index is 0.215. The van der Waals surface area contributed by atoms with Crippen molar-refractivity contribution in [1.29, 1.82) is 0 Å². The number of nitrogens with zero attached hydrogens (tertiary/aromatic N) is 2. The summed E-state index contributed by atoms with van der Waals surface area (Å²) in [5, 5.41) is 9.65. The normalized spacial score (nSPS) is 23.2. The van der Waals surface area contributed by atoms with Crippen LogP contribution >= 0.6 is 0 Å². The topological polar surface area (TPSA) is 36.4 Å². The van der Waals surface area contributed by atoms with E-state index < -0.39 is 0 Å². The molecule has 0 spiro atoms. The molecular formula is C13H20N2O. The lowest BCUT2D eigenvalue weighted by Crippen LogP contribution is -2.40. The Kier molecular flexibility index (Phi) is 3.44. The summed E-state index contributed by atoms with van der Waals surface area (Å²) in [6.45, 7) is 5.88. The maximum atomic E-state index is 9.65. The molecule has 2 rings (SSSR count). The fourth-order valence-corrected chi connectivity index (χ4v) is 2.32. The Labute approximate surface area is 97.1 Å². The van der Waals surface area contributed by atoms with E-state index >= 15 is 0 Å². The zero-order chi connectivity index (χ0) is 11.5. The van der Waals surface area contributed by atoms with Crippen molar-refractivity contribution in [3.63, 3.8) is 0 Å². The SMILES string of the molecule is Cc1cccc(N2CCC[C@@H]([C@@H](C)O)C2)n1. The van der Waals surface area contributed by atoms with Crippen molar-refractivity contribution in [2.45, 2.75) is 32.8 Å². The smallest absolute Gasteiger partial charge is 0.128 e. The van der Waals surface area contributed by atoms with Crippen molar-refractivity contribution in [1.82, 2.24) is 4.98 Å². The predicted octanol–water partition coefficient (Wildman–Crippen LogP) is 1.99. The summed E-state index contributed by atoms with van der Waals surface area (Å²) in [6, 6.07) is 6.11. The van der Waals surface area contributed by atoms with Gasteiger partial charge in [-0.1, -0.05) is 6.07 Å². The molecule has 3 nitrogen and oxygen atoms in total. The van der Waals surface area contributed by atoms with Crippen LogP contribution in [-0.4, -0.2) is 29.3 Å².